The van der Waals surface area contributed by atoms with Crippen LogP contribution in [-0.4, -0.2) is 26.0 Å². The minimum absolute atomic E-state index is 0.0350. The Balaban J connectivity index is 1.68. The summed E-state index contributed by atoms with van der Waals surface area (Å²) in [6.45, 7) is 4.19. The summed E-state index contributed by atoms with van der Waals surface area (Å²) in [6, 6.07) is 5.88. The van der Waals surface area contributed by atoms with Crippen molar-refractivity contribution < 1.29 is 8.42 Å². The molecule has 0 radical (unpaired) electrons. The van der Waals surface area contributed by atoms with Crippen LogP contribution >= 0.6 is 0 Å². The monoisotopic (exact) mass is 363 g/mol. The molecule has 1 fully saturated rings. The van der Waals surface area contributed by atoms with E-state index in [9.17, 15) is 13.2 Å². The maximum absolute atomic E-state index is 12.3. The number of nitrogens with one attached hydrogen (secondary N) is 3. The highest BCUT2D eigenvalue weighted by Crippen LogP contribution is 2.19. The summed E-state index contributed by atoms with van der Waals surface area (Å²) in [5.41, 5.74) is 3.45. The van der Waals surface area contributed by atoms with Crippen LogP contribution in [0.4, 0.5) is 0 Å². The largest absolute Gasteiger partial charge is 0.321 e. The fraction of sp³-hybridized carbons (Fsp3) is 0.500. The van der Waals surface area contributed by atoms with Crippen LogP contribution < -0.4 is 15.0 Å². The molecule has 0 aliphatic heterocycles. The molecule has 25 heavy (non-hydrogen) atoms. The third kappa shape index (κ3) is 4.29. The SMILES string of the molecule is Cc1ccc2cc(CCNS(=O)(=O)NC3CCCC3)c(=O)[nH]c2c1C. The first-order valence-electron chi connectivity index (χ1n) is 8.75. The predicted molar refractivity (Wildman–Crippen MR) is 100 cm³/mol. The molecule has 1 aromatic heterocycles. The first kappa shape index (κ1) is 18.1. The van der Waals surface area contributed by atoms with Crippen LogP contribution in [0.1, 0.15) is 42.4 Å². The zero-order chi connectivity index (χ0) is 18.0. The quantitative estimate of drug-likeness (QED) is 0.734. The molecule has 0 saturated heterocycles. The molecule has 0 bridgehead atoms. The van der Waals surface area contributed by atoms with E-state index in [1.165, 1.54) is 0 Å². The highest BCUT2D eigenvalue weighted by Gasteiger charge is 2.20. The molecule has 2 aromatic rings. The molecule has 0 amide bonds. The van der Waals surface area contributed by atoms with E-state index in [0.717, 1.165) is 47.7 Å². The Kier molecular flexibility index (Phi) is 5.27. The van der Waals surface area contributed by atoms with Gasteiger partial charge in [0, 0.05) is 18.2 Å². The highest BCUT2D eigenvalue weighted by molar-refractivity contribution is 7.87. The average molecular weight is 363 g/mol. The number of fused-ring (bicyclic) bond motifs is 1. The Labute approximate surface area is 148 Å². The normalized spacial score (nSPS) is 15.9. The Morgan fingerprint density at radius 1 is 1.20 bits per heavy atom. The number of H-pyrrole nitrogens is 1. The van der Waals surface area contributed by atoms with Crippen molar-refractivity contribution in [1.82, 2.24) is 14.4 Å². The zero-order valence-corrected chi connectivity index (χ0v) is 15.5. The van der Waals surface area contributed by atoms with E-state index in [2.05, 4.69) is 14.4 Å². The van der Waals surface area contributed by atoms with Crippen molar-refractivity contribution in [3.63, 3.8) is 0 Å². The molecular formula is C18H25N3O3S. The Morgan fingerprint density at radius 2 is 1.92 bits per heavy atom. The van der Waals surface area contributed by atoms with E-state index in [1.807, 2.05) is 32.0 Å². The third-order valence-electron chi connectivity index (χ3n) is 4.99. The summed E-state index contributed by atoms with van der Waals surface area (Å²) < 4.78 is 29.3. The molecule has 1 aliphatic rings. The predicted octanol–water partition coefficient (Wildman–Crippen LogP) is 2.05. The highest BCUT2D eigenvalue weighted by atomic mass is 32.2. The van der Waals surface area contributed by atoms with Crippen molar-refractivity contribution >= 4 is 21.1 Å². The average Bonchev–Trinajstić information content (AvgIpc) is 3.04. The van der Waals surface area contributed by atoms with Gasteiger partial charge in [0.25, 0.3) is 15.8 Å². The zero-order valence-electron chi connectivity index (χ0n) is 14.7. The van der Waals surface area contributed by atoms with Gasteiger partial charge in [0.05, 0.1) is 5.52 Å². The first-order chi connectivity index (χ1) is 11.9. The van der Waals surface area contributed by atoms with E-state index in [-0.39, 0.29) is 18.1 Å². The summed E-state index contributed by atoms with van der Waals surface area (Å²) >= 11 is 0. The van der Waals surface area contributed by atoms with Gasteiger partial charge >= 0.3 is 0 Å². The number of rotatable bonds is 6. The second-order valence-corrected chi connectivity index (χ2v) is 8.37. The number of pyridine rings is 1. The van der Waals surface area contributed by atoms with Crippen LogP contribution in [0.2, 0.25) is 0 Å². The van der Waals surface area contributed by atoms with Gasteiger partial charge in [-0.05, 0) is 55.7 Å². The lowest BCUT2D eigenvalue weighted by Crippen LogP contribution is -2.42. The topological polar surface area (TPSA) is 91.1 Å². The number of aromatic nitrogens is 1. The number of hydrogen-bond donors (Lipinski definition) is 3. The molecule has 3 rings (SSSR count). The van der Waals surface area contributed by atoms with Crippen molar-refractivity contribution in [1.29, 1.82) is 0 Å². The molecule has 7 heteroatoms. The molecule has 1 heterocycles. The summed E-state index contributed by atoms with van der Waals surface area (Å²) in [7, 11) is -3.52. The Bertz CT molecular complexity index is 928. The number of aryl methyl sites for hydroxylation is 2. The second-order valence-electron chi connectivity index (χ2n) is 6.84. The van der Waals surface area contributed by atoms with Gasteiger partial charge in [-0.2, -0.15) is 13.1 Å². The van der Waals surface area contributed by atoms with Crippen LogP contribution in [0.25, 0.3) is 10.9 Å². The van der Waals surface area contributed by atoms with Crippen LogP contribution in [0.3, 0.4) is 0 Å². The lowest BCUT2D eigenvalue weighted by Gasteiger charge is -2.13. The van der Waals surface area contributed by atoms with Crippen molar-refractivity contribution in [3.05, 3.63) is 45.2 Å². The van der Waals surface area contributed by atoms with Gasteiger partial charge in [0.1, 0.15) is 0 Å². The number of benzene rings is 1. The van der Waals surface area contributed by atoms with Crippen molar-refractivity contribution in [3.8, 4) is 0 Å². The van der Waals surface area contributed by atoms with Gasteiger partial charge in [0.2, 0.25) is 0 Å². The van der Waals surface area contributed by atoms with E-state index in [4.69, 9.17) is 0 Å². The second kappa shape index (κ2) is 7.27. The summed E-state index contributed by atoms with van der Waals surface area (Å²) in [5.74, 6) is 0. The molecule has 1 aliphatic carbocycles. The van der Waals surface area contributed by atoms with Gasteiger partial charge in [-0.3, -0.25) is 4.79 Å². The summed E-state index contributed by atoms with van der Waals surface area (Å²) in [4.78, 5) is 15.2. The van der Waals surface area contributed by atoms with Crippen molar-refractivity contribution in [2.24, 2.45) is 0 Å². The van der Waals surface area contributed by atoms with Crippen molar-refractivity contribution in [2.45, 2.75) is 52.0 Å². The van der Waals surface area contributed by atoms with E-state index in [0.29, 0.717) is 12.0 Å². The molecule has 3 N–H and O–H groups in total. The van der Waals surface area contributed by atoms with Crippen LogP contribution in [-0.2, 0) is 16.6 Å². The van der Waals surface area contributed by atoms with Crippen LogP contribution in [0.15, 0.2) is 23.0 Å². The molecule has 1 aromatic carbocycles. The fourth-order valence-electron chi connectivity index (χ4n) is 3.38. The molecule has 0 unspecified atom stereocenters. The molecule has 1 saturated carbocycles. The first-order valence-corrected chi connectivity index (χ1v) is 10.2. The number of hydrogen-bond acceptors (Lipinski definition) is 3. The number of aromatic amines is 1. The van der Waals surface area contributed by atoms with Gasteiger partial charge in [0.15, 0.2) is 0 Å². The lowest BCUT2D eigenvalue weighted by atomic mass is 10.0. The molecule has 136 valence electrons. The van der Waals surface area contributed by atoms with E-state index in [1.54, 1.807) is 0 Å². The molecule has 0 atom stereocenters. The van der Waals surface area contributed by atoms with Crippen LogP contribution in [0.5, 0.6) is 0 Å². The van der Waals surface area contributed by atoms with Gasteiger partial charge in [-0.25, -0.2) is 4.72 Å². The van der Waals surface area contributed by atoms with Gasteiger partial charge in [-0.15, -0.1) is 0 Å². The smallest absolute Gasteiger partial charge is 0.277 e. The molecular weight excluding hydrogens is 338 g/mol. The van der Waals surface area contributed by atoms with Crippen molar-refractivity contribution in [2.75, 3.05) is 6.54 Å². The van der Waals surface area contributed by atoms with Gasteiger partial charge in [-0.1, -0.05) is 25.0 Å². The third-order valence-corrected chi connectivity index (χ3v) is 6.22. The molecule has 6 nitrogen and oxygen atoms in total. The minimum atomic E-state index is -3.52. The van der Waals surface area contributed by atoms with Gasteiger partial charge < -0.3 is 4.98 Å². The lowest BCUT2D eigenvalue weighted by molar-refractivity contribution is 0.539. The summed E-state index contributed by atoms with van der Waals surface area (Å²) in [6.07, 6.45) is 4.27. The molecule has 0 spiro atoms. The maximum Gasteiger partial charge on any atom is 0.277 e. The summed E-state index contributed by atoms with van der Waals surface area (Å²) in [5, 5.41) is 0.963. The Hall–Kier alpha value is -1.70. The standard InChI is InChI=1S/C18H25N3O3S/c1-12-7-8-14-11-15(18(22)20-17(14)13(12)2)9-10-19-25(23,24)21-16-5-3-4-6-16/h7-8,11,16,19,21H,3-6,9-10H2,1-2H3,(H,20,22). The Morgan fingerprint density at radius 3 is 2.64 bits per heavy atom. The fourth-order valence-corrected chi connectivity index (χ4v) is 4.51. The van der Waals surface area contributed by atoms with Crippen LogP contribution in [0, 0.1) is 13.8 Å². The maximum atomic E-state index is 12.3. The minimum Gasteiger partial charge on any atom is -0.321 e. The van der Waals surface area contributed by atoms with E-state index >= 15 is 0 Å². The van der Waals surface area contributed by atoms with E-state index < -0.39 is 10.2 Å².